The van der Waals surface area contributed by atoms with Crippen LogP contribution < -0.4 is 0 Å². The van der Waals surface area contributed by atoms with Gasteiger partial charge >= 0.3 is 0 Å². The molecule has 17 heavy (non-hydrogen) atoms. The molecule has 2 nitrogen and oxygen atoms in total. The van der Waals surface area contributed by atoms with Crippen LogP contribution in [0.3, 0.4) is 0 Å². The number of hydrogen-bond donors (Lipinski definition) is 1. The van der Waals surface area contributed by atoms with E-state index in [1.165, 1.54) is 5.56 Å². The lowest BCUT2D eigenvalue weighted by Gasteiger charge is -2.11. The number of aliphatic hydroxyl groups is 1. The number of hydrogen-bond acceptors (Lipinski definition) is 2. The Balaban J connectivity index is 2.20. The van der Waals surface area contributed by atoms with E-state index in [0.29, 0.717) is 6.42 Å². The third-order valence-electron chi connectivity index (χ3n) is 3.16. The van der Waals surface area contributed by atoms with E-state index in [-0.39, 0.29) is 18.3 Å². The Morgan fingerprint density at radius 1 is 1.18 bits per heavy atom. The zero-order chi connectivity index (χ0) is 12.5. The van der Waals surface area contributed by atoms with Crippen LogP contribution in [0.25, 0.3) is 0 Å². The molecule has 0 aromatic heterocycles. The molecule has 1 rings (SSSR count). The van der Waals surface area contributed by atoms with Crippen LogP contribution >= 0.6 is 0 Å². The van der Waals surface area contributed by atoms with E-state index in [4.69, 9.17) is 5.11 Å². The van der Waals surface area contributed by atoms with Crippen molar-refractivity contribution in [2.24, 2.45) is 5.92 Å². The Labute approximate surface area is 104 Å². The number of carbonyl (C=O) groups excluding carboxylic acids is 1. The monoisotopic (exact) mass is 234 g/mol. The number of carbonyl (C=O) groups is 1. The lowest BCUT2D eigenvalue weighted by Crippen LogP contribution is -2.12. The molecule has 2 heteroatoms. The van der Waals surface area contributed by atoms with Gasteiger partial charge in [0.05, 0.1) is 0 Å². The van der Waals surface area contributed by atoms with E-state index in [0.717, 1.165) is 25.7 Å². The van der Waals surface area contributed by atoms with Gasteiger partial charge in [0.15, 0.2) is 0 Å². The second kappa shape index (κ2) is 8.02. The molecule has 0 aliphatic carbocycles. The molecule has 0 aliphatic heterocycles. The number of rotatable bonds is 8. The Bertz CT molecular complexity index is 319. The summed E-state index contributed by atoms with van der Waals surface area (Å²) in [5.74, 6) is 0.259. The van der Waals surface area contributed by atoms with Crippen molar-refractivity contribution in [2.45, 2.75) is 39.0 Å². The molecule has 0 heterocycles. The maximum absolute atomic E-state index is 11.3. The van der Waals surface area contributed by atoms with E-state index in [1.54, 1.807) is 6.92 Å². The van der Waals surface area contributed by atoms with Gasteiger partial charge in [0.25, 0.3) is 0 Å². The van der Waals surface area contributed by atoms with Crippen LogP contribution in [0.5, 0.6) is 0 Å². The molecular formula is C15H22O2. The normalized spacial score (nSPS) is 12.4. The minimum Gasteiger partial charge on any atom is -0.396 e. The highest BCUT2D eigenvalue weighted by molar-refractivity contribution is 5.78. The minimum atomic E-state index is 0.0516. The fourth-order valence-corrected chi connectivity index (χ4v) is 2.07. The van der Waals surface area contributed by atoms with Gasteiger partial charge in [-0.05, 0) is 38.2 Å². The number of unbranched alkanes of at least 4 members (excludes halogenated alkanes) is 1. The summed E-state index contributed by atoms with van der Waals surface area (Å²) >= 11 is 0. The fraction of sp³-hybridized carbons (Fsp3) is 0.533. The highest BCUT2D eigenvalue weighted by Crippen LogP contribution is 2.15. The fourth-order valence-electron chi connectivity index (χ4n) is 2.07. The second-order valence-corrected chi connectivity index (χ2v) is 4.55. The summed E-state index contributed by atoms with van der Waals surface area (Å²) in [6, 6.07) is 10.4. The first-order valence-electron chi connectivity index (χ1n) is 6.39. The molecular weight excluding hydrogens is 212 g/mol. The maximum Gasteiger partial charge on any atom is 0.132 e. The van der Waals surface area contributed by atoms with Crippen molar-refractivity contribution in [3.63, 3.8) is 0 Å². The van der Waals surface area contributed by atoms with E-state index < -0.39 is 0 Å². The Hall–Kier alpha value is -1.15. The first-order valence-corrected chi connectivity index (χ1v) is 6.39. The first-order chi connectivity index (χ1) is 8.24. The number of Topliss-reactive ketones (excluding diaryl/α,β-unsaturated/α-hetero) is 1. The largest absolute Gasteiger partial charge is 0.396 e. The predicted molar refractivity (Wildman–Crippen MR) is 69.9 cm³/mol. The smallest absolute Gasteiger partial charge is 0.132 e. The number of aryl methyl sites for hydroxylation is 1. The van der Waals surface area contributed by atoms with Crippen LogP contribution in [0.1, 0.15) is 38.2 Å². The summed E-state index contributed by atoms with van der Waals surface area (Å²) in [5, 5.41) is 8.87. The zero-order valence-corrected chi connectivity index (χ0v) is 10.6. The van der Waals surface area contributed by atoms with Crippen molar-refractivity contribution in [3.8, 4) is 0 Å². The molecule has 1 N–H and O–H groups in total. The molecule has 1 unspecified atom stereocenters. The molecule has 0 aliphatic rings. The van der Waals surface area contributed by atoms with Crippen LogP contribution in [0.2, 0.25) is 0 Å². The molecule has 94 valence electrons. The lowest BCUT2D eigenvalue weighted by atomic mass is 9.94. The highest BCUT2D eigenvalue weighted by Gasteiger charge is 2.12. The molecule has 0 saturated carbocycles. The summed E-state index contributed by atoms with van der Waals surface area (Å²) in [6.45, 7) is 1.74. The number of ketones is 1. The topological polar surface area (TPSA) is 37.3 Å². The summed E-state index contributed by atoms with van der Waals surface area (Å²) in [4.78, 5) is 11.3. The van der Waals surface area contributed by atoms with Crippen LogP contribution in [-0.2, 0) is 11.2 Å². The Morgan fingerprint density at radius 3 is 2.47 bits per heavy atom. The van der Waals surface area contributed by atoms with Gasteiger partial charge in [-0.1, -0.05) is 36.8 Å². The third kappa shape index (κ3) is 5.64. The van der Waals surface area contributed by atoms with Gasteiger partial charge in [-0.2, -0.15) is 0 Å². The van der Waals surface area contributed by atoms with Gasteiger partial charge in [-0.25, -0.2) is 0 Å². The standard InChI is InChI=1S/C15H22O2/c1-13(17)15(11-12-16)10-6-5-9-14-7-3-2-4-8-14/h2-4,7-8,15-16H,5-6,9-12H2,1H3. The minimum absolute atomic E-state index is 0.0516. The SMILES string of the molecule is CC(=O)C(CCO)CCCCc1ccccc1. The summed E-state index contributed by atoms with van der Waals surface area (Å²) < 4.78 is 0. The summed E-state index contributed by atoms with van der Waals surface area (Å²) in [5.41, 5.74) is 1.36. The number of aliphatic hydroxyl groups excluding tert-OH is 1. The van der Waals surface area contributed by atoms with Crippen LogP contribution in [0, 0.1) is 5.92 Å². The van der Waals surface area contributed by atoms with E-state index in [2.05, 4.69) is 24.3 Å². The van der Waals surface area contributed by atoms with E-state index in [1.807, 2.05) is 6.07 Å². The molecule has 0 saturated heterocycles. The quantitative estimate of drug-likeness (QED) is 0.702. The molecule has 0 bridgehead atoms. The van der Waals surface area contributed by atoms with Crippen LogP contribution in [0.4, 0.5) is 0 Å². The van der Waals surface area contributed by atoms with E-state index in [9.17, 15) is 4.79 Å². The van der Waals surface area contributed by atoms with Gasteiger partial charge in [0.2, 0.25) is 0 Å². The zero-order valence-electron chi connectivity index (χ0n) is 10.6. The summed E-state index contributed by atoms with van der Waals surface area (Å²) in [6.07, 6.45) is 4.76. The Kier molecular flexibility index (Phi) is 6.56. The maximum atomic E-state index is 11.3. The highest BCUT2D eigenvalue weighted by atomic mass is 16.3. The van der Waals surface area contributed by atoms with Crippen molar-refractivity contribution in [3.05, 3.63) is 35.9 Å². The average molecular weight is 234 g/mol. The van der Waals surface area contributed by atoms with Crippen molar-refractivity contribution in [1.29, 1.82) is 0 Å². The predicted octanol–water partition coefficient (Wildman–Crippen LogP) is 2.99. The molecule has 0 spiro atoms. The third-order valence-corrected chi connectivity index (χ3v) is 3.16. The van der Waals surface area contributed by atoms with E-state index >= 15 is 0 Å². The second-order valence-electron chi connectivity index (χ2n) is 4.55. The number of benzene rings is 1. The van der Waals surface area contributed by atoms with Crippen molar-refractivity contribution in [2.75, 3.05) is 6.61 Å². The Morgan fingerprint density at radius 2 is 1.88 bits per heavy atom. The van der Waals surface area contributed by atoms with Crippen molar-refractivity contribution >= 4 is 5.78 Å². The van der Waals surface area contributed by atoms with Crippen LogP contribution in [-0.4, -0.2) is 17.5 Å². The lowest BCUT2D eigenvalue weighted by molar-refractivity contribution is -0.121. The summed E-state index contributed by atoms with van der Waals surface area (Å²) in [7, 11) is 0. The van der Waals surface area contributed by atoms with Gasteiger partial charge in [0.1, 0.15) is 5.78 Å². The van der Waals surface area contributed by atoms with Crippen LogP contribution in [0.15, 0.2) is 30.3 Å². The van der Waals surface area contributed by atoms with Gasteiger partial charge in [0, 0.05) is 12.5 Å². The van der Waals surface area contributed by atoms with Gasteiger partial charge < -0.3 is 5.11 Å². The van der Waals surface area contributed by atoms with Crippen molar-refractivity contribution in [1.82, 2.24) is 0 Å². The van der Waals surface area contributed by atoms with Gasteiger partial charge in [-0.3, -0.25) is 4.79 Å². The van der Waals surface area contributed by atoms with Crippen molar-refractivity contribution < 1.29 is 9.90 Å². The average Bonchev–Trinajstić information content (AvgIpc) is 2.34. The van der Waals surface area contributed by atoms with Gasteiger partial charge in [-0.15, -0.1) is 0 Å². The molecule has 1 atom stereocenters. The molecule has 1 aromatic carbocycles. The first kappa shape index (κ1) is 13.9. The molecule has 0 radical (unpaired) electrons. The molecule has 1 aromatic rings. The molecule has 0 fully saturated rings. The molecule has 0 amide bonds.